The van der Waals surface area contributed by atoms with Gasteiger partial charge in [-0.3, -0.25) is 9.97 Å². The third-order valence-electron chi connectivity index (χ3n) is 3.12. The van der Waals surface area contributed by atoms with Gasteiger partial charge in [-0.2, -0.15) is 9.61 Å². The highest BCUT2D eigenvalue weighted by Crippen LogP contribution is 2.18. The van der Waals surface area contributed by atoms with Crippen LogP contribution in [-0.2, 0) is 6.42 Å². The molecule has 6 heteroatoms. The van der Waals surface area contributed by atoms with Gasteiger partial charge in [0, 0.05) is 30.2 Å². The highest BCUT2D eigenvalue weighted by Gasteiger charge is 2.10. The van der Waals surface area contributed by atoms with E-state index in [0.717, 1.165) is 36.3 Å². The van der Waals surface area contributed by atoms with Crippen LogP contribution in [0.15, 0.2) is 30.7 Å². The van der Waals surface area contributed by atoms with Crippen molar-refractivity contribution in [2.45, 2.75) is 26.2 Å². The van der Waals surface area contributed by atoms with Crippen LogP contribution in [0, 0.1) is 0 Å². The molecule has 2 N–H and O–H groups in total. The first-order chi connectivity index (χ1) is 9.78. The molecule has 0 amide bonds. The van der Waals surface area contributed by atoms with Crippen LogP contribution in [0.25, 0.3) is 17.0 Å². The number of hydrogen-bond acceptors (Lipinski definition) is 5. The van der Waals surface area contributed by atoms with Gasteiger partial charge in [0.15, 0.2) is 5.65 Å². The average Bonchev–Trinajstić information content (AvgIpc) is 2.91. The lowest BCUT2D eigenvalue weighted by atomic mass is 10.2. The Morgan fingerprint density at radius 1 is 1.20 bits per heavy atom. The largest absolute Gasteiger partial charge is 0.384 e. The van der Waals surface area contributed by atoms with Gasteiger partial charge in [0.2, 0.25) is 0 Å². The molecule has 0 fully saturated rings. The summed E-state index contributed by atoms with van der Waals surface area (Å²) in [6.45, 7) is 2.16. The van der Waals surface area contributed by atoms with Crippen LogP contribution in [0.5, 0.6) is 0 Å². The average molecular weight is 268 g/mol. The fraction of sp³-hybridized carbons (Fsp3) is 0.286. The SMILES string of the molecule is CCCCc1cc(N)n2nc(-c3cnccn3)cc2n1. The van der Waals surface area contributed by atoms with Gasteiger partial charge in [0.05, 0.1) is 6.20 Å². The Balaban J connectivity index is 2.04. The Kier molecular flexibility index (Phi) is 3.28. The maximum Gasteiger partial charge on any atom is 0.158 e. The van der Waals surface area contributed by atoms with Crippen molar-refractivity contribution in [2.24, 2.45) is 0 Å². The summed E-state index contributed by atoms with van der Waals surface area (Å²) in [6, 6.07) is 3.77. The second-order valence-corrected chi connectivity index (χ2v) is 4.67. The number of nitrogen functional groups attached to an aromatic ring is 1. The van der Waals surface area contributed by atoms with Gasteiger partial charge in [-0.05, 0) is 12.8 Å². The molecule has 0 atom stereocenters. The Hall–Kier alpha value is -2.50. The maximum absolute atomic E-state index is 6.04. The predicted molar refractivity (Wildman–Crippen MR) is 77.0 cm³/mol. The standard InChI is InChI=1S/C14H16N6/c1-2-3-4-10-7-13(15)20-14(18-10)8-11(19-20)12-9-16-5-6-17-12/h5-9H,2-4,15H2,1H3. The number of aryl methyl sites for hydroxylation is 1. The number of unbranched alkanes of at least 4 members (excludes halogenated alkanes) is 1. The molecular weight excluding hydrogens is 252 g/mol. The molecule has 6 nitrogen and oxygen atoms in total. The smallest absolute Gasteiger partial charge is 0.158 e. The number of nitrogens with zero attached hydrogens (tertiary/aromatic N) is 5. The van der Waals surface area contributed by atoms with Gasteiger partial charge in [-0.25, -0.2) is 4.98 Å². The number of aromatic nitrogens is 5. The van der Waals surface area contributed by atoms with Crippen LogP contribution in [0.2, 0.25) is 0 Å². The molecule has 0 saturated carbocycles. The lowest BCUT2D eigenvalue weighted by Crippen LogP contribution is -2.03. The summed E-state index contributed by atoms with van der Waals surface area (Å²) in [5.41, 5.74) is 9.24. The lowest BCUT2D eigenvalue weighted by molar-refractivity contribution is 0.773. The molecule has 0 aromatic carbocycles. The zero-order valence-electron chi connectivity index (χ0n) is 11.3. The van der Waals surface area contributed by atoms with E-state index in [4.69, 9.17) is 5.73 Å². The third-order valence-corrected chi connectivity index (χ3v) is 3.12. The summed E-state index contributed by atoms with van der Waals surface area (Å²) in [4.78, 5) is 12.9. The van der Waals surface area contributed by atoms with Crippen LogP contribution in [0.3, 0.4) is 0 Å². The molecule has 3 aromatic heterocycles. The van der Waals surface area contributed by atoms with Gasteiger partial charge >= 0.3 is 0 Å². The van der Waals surface area contributed by atoms with E-state index >= 15 is 0 Å². The van der Waals surface area contributed by atoms with E-state index in [1.807, 2.05) is 12.1 Å². The molecule has 0 aliphatic heterocycles. The van der Waals surface area contributed by atoms with Crippen molar-refractivity contribution in [1.82, 2.24) is 24.6 Å². The monoisotopic (exact) mass is 268 g/mol. The van der Waals surface area contributed by atoms with Crippen LogP contribution in [0.4, 0.5) is 5.82 Å². The van der Waals surface area contributed by atoms with Crippen molar-refractivity contribution in [3.8, 4) is 11.4 Å². The minimum atomic E-state index is 0.594. The molecule has 3 heterocycles. The van der Waals surface area contributed by atoms with Crippen LogP contribution >= 0.6 is 0 Å². The van der Waals surface area contributed by atoms with Crippen molar-refractivity contribution in [2.75, 3.05) is 5.73 Å². The summed E-state index contributed by atoms with van der Waals surface area (Å²) in [5, 5.41) is 4.43. The normalized spacial score (nSPS) is 11.1. The van der Waals surface area contributed by atoms with Crippen molar-refractivity contribution in [1.29, 1.82) is 0 Å². The Morgan fingerprint density at radius 2 is 2.10 bits per heavy atom. The summed E-state index contributed by atoms with van der Waals surface area (Å²) >= 11 is 0. The van der Waals surface area contributed by atoms with E-state index in [9.17, 15) is 0 Å². The summed E-state index contributed by atoms with van der Waals surface area (Å²) in [7, 11) is 0. The van der Waals surface area contributed by atoms with Crippen molar-refractivity contribution < 1.29 is 0 Å². The molecule has 0 saturated heterocycles. The number of anilines is 1. The molecule has 0 unspecified atom stereocenters. The number of rotatable bonds is 4. The quantitative estimate of drug-likeness (QED) is 0.783. The van der Waals surface area contributed by atoms with Gasteiger partial charge < -0.3 is 5.73 Å². The van der Waals surface area contributed by atoms with E-state index in [0.29, 0.717) is 11.5 Å². The van der Waals surface area contributed by atoms with Crippen molar-refractivity contribution in [3.63, 3.8) is 0 Å². The molecule has 3 aromatic rings. The lowest BCUT2D eigenvalue weighted by Gasteiger charge is -2.03. The molecule has 0 bridgehead atoms. The van der Waals surface area contributed by atoms with Gasteiger partial charge in [-0.1, -0.05) is 13.3 Å². The minimum absolute atomic E-state index is 0.594. The molecule has 102 valence electrons. The van der Waals surface area contributed by atoms with Crippen LogP contribution in [0.1, 0.15) is 25.5 Å². The third kappa shape index (κ3) is 2.32. The fourth-order valence-corrected chi connectivity index (χ4v) is 2.09. The first kappa shape index (κ1) is 12.5. The number of nitrogens with two attached hydrogens (primary N) is 1. The Bertz CT molecular complexity index is 719. The van der Waals surface area contributed by atoms with Gasteiger partial charge in [0.25, 0.3) is 0 Å². The summed E-state index contributed by atoms with van der Waals surface area (Å²) < 4.78 is 1.64. The second kappa shape index (κ2) is 5.24. The van der Waals surface area contributed by atoms with E-state index in [1.165, 1.54) is 0 Å². The summed E-state index contributed by atoms with van der Waals surface area (Å²) in [5.74, 6) is 0.594. The van der Waals surface area contributed by atoms with E-state index in [1.54, 1.807) is 23.1 Å². The first-order valence-corrected chi connectivity index (χ1v) is 6.69. The van der Waals surface area contributed by atoms with Gasteiger partial charge in [0.1, 0.15) is 17.2 Å². The first-order valence-electron chi connectivity index (χ1n) is 6.69. The summed E-state index contributed by atoms with van der Waals surface area (Å²) in [6.07, 6.45) is 8.13. The van der Waals surface area contributed by atoms with Crippen LogP contribution in [-0.4, -0.2) is 24.6 Å². The second-order valence-electron chi connectivity index (χ2n) is 4.67. The topological polar surface area (TPSA) is 82.0 Å². The minimum Gasteiger partial charge on any atom is -0.384 e. The molecular formula is C14H16N6. The number of hydrogen-bond donors (Lipinski definition) is 1. The molecule has 0 spiro atoms. The molecule has 0 aliphatic rings. The van der Waals surface area contributed by atoms with E-state index in [2.05, 4.69) is 27.0 Å². The Morgan fingerprint density at radius 3 is 2.85 bits per heavy atom. The fourth-order valence-electron chi connectivity index (χ4n) is 2.09. The molecule has 20 heavy (non-hydrogen) atoms. The highest BCUT2D eigenvalue weighted by atomic mass is 15.3. The van der Waals surface area contributed by atoms with Gasteiger partial charge in [-0.15, -0.1) is 0 Å². The molecule has 0 aliphatic carbocycles. The molecule has 3 rings (SSSR count). The molecule has 0 radical (unpaired) electrons. The van der Waals surface area contributed by atoms with Crippen LogP contribution < -0.4 is 5.73 Å². The highest BCUT2D eigenvalue weighted by molar-refractivity contribution is 5.61. The van der Waals surface area contributed by atoms with E-state index in [-0.39, 0.29) is 0 Å². The van der Waals surface area contributed by atoms with Crippen molar-refractivity contribution >= 4 is 11.5 Å². The number of fused-ring (bicyclic) bond motifs is 1. The Labute approximate surface area is 116 Å². The van der Waals surface area contributed by atoms with E-state index < -0.39 is 0 Å². The zero-order chi connectivity index (χ0) is 13.9. The zero-order valence-corrected chi connectivity index (χ0v) is 11.3. The predicted octanol–water partition coefficient (Wildman–Crippen LogP) is 2.11. The van der Waals surface area contributed by atoms with Crippen molar-refractivity contribution in [3.05, 3.63) is 36.4 Å². The maximum atomic E-state index is 6.04.